The van der Waals surface area contributed by atoms with Crippen molar-refractivity contribution in [3.05, 3.63) is 0 Å². The first kappa shape index (κ1) is 6.05. The number of ether oxygens (including phenoxy) is 1. The number of hydrogen-bond acceptors (Lipinski definition) is 1. The second-order valence-electron chi connectivity index (χ2n) is 2.24. The van der Waals surface area contributed by atoms with Gasteiger partial charge in [0.25, 0.3) is 0 Å². The molecule has 1 rings (SSSR count). The van der Waals surface area contributed by atoms with Gasteiger partial charge in [0.1, 0.15) is 6.10 Å². The summed E-state index contributed by atoms with van der Waals surface area (Å²) >= 11 is 0. The van der Waals surface area contributed by atoms with E-state index in [9.17, 15) is 5.11 Å². The van der Waals surface area contributed by atoms with Crippen molar-refractivity contribution in [2.24, 2.45) is 0 Å². The van der Waals surface area contributed by atoms with Crippen LogP contribution in [0.5, 0.6) is 0 Å². The number of methoxy groups -OCH3 is 1. The molecule has 1 saturated carbocycles. The minimum Gasteiger partial charge on any atom is -0.379 e. The van der Waals surface area contributed by atoms with E-state index in [1.54, 1.807) is 7.11 Å². The van der Waals surface area contributed by atoms with Crippen LogP contribution in [-0.2, 0) is 9.84 Å². The Kier molecular flexibility index (Phi) is 1.86. The lowest BCUT2D eigenvalue weighted by atomic mass is 10.3. The van der Waals surface area contributed by atoms with Crippen LogP contribution in [0.25, 0.3) is 0 Å². The summed E-state index contributed by atoms with van der Waals surface area (Å²) in [5.41, 5.74) is 0. The average Bonchev–Trinajstić information content (AvgIpc) is 2.14. The van der Waals surface area contributed by atoms with Gasteiger partial charge in [-0.05, 0) is 19.3 Å². The molecule has 2 unspecified atom stereocenters. The molecule has 0 aromatic rings. The zero-order chi connectivity index (χ0) is 5.98. The van der Waals surface area contributed by atoms with Crippen molar-refractivity contribution in [2.75, 3.05) is 7.11 Å². The Balaban J connectivity index is 2.30. The van der Waals surface area contributed by atoms with Crippen molar-refractivity contribution >= 4 is 0 Å². The molecule has 0 aromatic heterocycles. The van der Waals surface area contributed by atoms with Crippen LogP contribution in [-0.4, -0.2) is 19.3 Å². The molecular formula is C6H11O2. The summed E-state index contributed by atoms with van der Waals surface area (Å²) in [6, 6.07) is 0. The predicted octanol–water partition coefficient (Wildman–Crippen LogP) is 0.984. The van der Waals surface area contributed by atoms with Crippen molar-refractivity contribution in [2.45, 2.75) is 31.5 Å². The van der Waals surface area contributed by atoms with Crippen LogP contribution in [0.15, 0.2) is 0 Å². The van der Waals surface area contributed by atoms with E-state index in [0.29, 0.717) is 0 Å². The van der Waals surface area contributed by atoms with Crippen LogP contribution < -0.4 is 0 Å². The Hall–Kier alpha value is -0.0800. The molecule has 0 aromatic carbocycles. The quantitative estimate of drug-likeness (QED) is 0.501. The predicted molar refractivity (Wildman–Crippen MR) is 29.1 cm³/mol. The van der Waals surface area contributed by atoms with Gasteiger partial charge in [-0.3, -0.25) is 0 Å². The first-order chi connectivity index (χ1) is 3.84. The van der Waals surface area contributed by atoms with E-state index in [0.717, 1.165) is 19.3 Å². The van der Waals surface area contributed by atoms with Gasteiger partial charge in [-0.15, -0.1) is 0 Å². The summed E-state index contributed by atoms with van der Waals surface area (Å²) in [6.45, 7) is 0. The molecule has 2 nitrogen and oxygen atoms in total. The van der Waals surface area contributed by atoms with Crippen LogP contribution in [0.2, 0.25) is 0 Å². The second kappa shape index (κ2) is 2.46. The summed E-state index contributed by atoms with van der Waals surface area (Å²) in [5, 5.41) is 10.8. The first-order valence-electron chi connectivity index (χ1n) is 3.03. The van der Waals surface area contributed by atoms with Gasteiger partial charge >= 0.3 is 0 Å². The summed E-state index contributed by atoms with van der Waals surface area (Å²) in [5.74, 6) is 0. The van der Waals surface area contributed by atoms with Crippen molar-refractivity contribution in [1.29, 1.82) is 0 Å². The third-order valence-electron chi connectivity index (χ3n) is 1.69. The molecule has 2 atom stereocenters. The molecule has 0 N–H and O–H groups in total. The fourth-order valence-electron chi connectivity index (χ4n) is 1.16. The topological polar surface area (TPSA) is 29.1 Å². The van der Waals surface area contributed by atoms with Crippen molar-refractivity contribution < 1.29 is 9.84 Å². The molecule has 1 fully saturated rings. The number of rotatable bonds is 1. The molecule has 47 valence electrons. The highest BCUT2D eigenvalue weighted by Gasteiger charge is 2.25. The molecule has 0 spiro atoms. The fourth-order valence-corrected chi connectivity index (χ4v) is 1.16. The van der Waals surface area contributed by atoms with Gasteiger partial charge in [0, 0.05) is 7.11 Å². The van der Waals surface area contributed by atoms with Crippen LogP contribution in [0, 0.1) is 0 Å². The van der Waals surface area contributed by atoms with Gasteiger partial charge in [0.15, 0.2) is 0 Å². The van der Waals surface area contributed by atoms with Crippen LogP contribution in [0.3, 0.4) is 0 Å². The average molecular weight is 115 g/mol. The monoisotopic (exact) mass is 115 g/mol. The zero-order valence-corrected chi connectivity index (χ0v) is 5.09. The Bertz CT molecular complexity index is 72.9. The maximum Gasteiger partial charge on any atom is 0.119 e. The lowest BCUT2D eigenvalue weighted by Crippen LogP contribution is -2.19. The van der Waals surface area contributed by atoms with Crippen molar-refractivity contribution in [3.63, 3.8) is 0 Å². The van der Waals surface area contributed by atoms with E-state index in [2.05, 4.69) is 0 Å². The minimum absolute atomic E-state index is 0.00926. The van der Waals surface area contributed by atoms with Gasteiger partial charge in [-0.2, -0.15) is 0 Å². The summed E-state index contributed by atoms with van der Waals surface area (Å²) < 4.78 is 4.91. The molecule has 2 heteroatoms. The molecule has 0 amide bonds. The molecule has 1 radical (unpaired) electrons. The van der Waals surface area contributed by atoms with Crippen LogP contribution in [0.4, 0.5) is 0 Å². The molecule has 8 heavy (non-hydrogen) atoms. The molecule has 1 aliphatic carbocycles. The van der Waals surface area contributed by atoms with E-state index in [1.807, 2.05) is 0 Å². The summed E-state index contributed by atoms with van der Waals surface area (Å²) in [6.07, 6.45) is 2.38. The standard InChI is InChI=1S/C6H11O2/c1-8-6-4-2-3-5(6)7/h5-6H,2-4H2,1H3. The van der Waals surface area contributed by atoms with E-state index in [4.69, 9.17) is 4.74 Å². The lowest BCUT2D eigenvalue weighted by Gasteiger charge is -2.08. The highest BCUT2D eigenvalue weighted by Crippen LogP contribution is 2.21. The van der Waals surface area contributed by atoms with Gasteiger partial charge < -0.3 is 4.74 Å². The Morgan fingerprint density at radius 3 is 2.50 bits per heavy atom. The molecule has 1 aliphatic rings. The van der Waals surface area contributed by atoms with Crippen molar-refractivity contribution in [1.82, 2.24) is 0 Å². The highest BCUT2D eigenvalue weighted by atomic mass is 16.5. The third-order valence-corrected chi connectivity index (χ3v) is 1.69. The molecular weight excluding hydrogens is 104 g/mol. The summed E-state index contributed by atoms with van der Waals surface area (Å²) in [7, 11) is 1.61. The maximum atomic E-state index is 10.8. The van der Waals surface area contributed by atoms with E-state index in [1.165, 1.54) is 0 Å². The number of hydrogen-bond donors (Lipinski definition) is 0. The Morgan fingerprint density at radius 1 is 1.50 bits per heavy atom. The molecule has 0 saturated heterocycles. The van der Waals surface area contributed by atoms with Crippen LogP contribution in [0.1, 0.15) is 19.3 Å². The van der Waals surface area contributed by atoms with E-state index in [-0.39, 0.29) is 6.10 Å². The smallest absolute Gasteiger partial charge is 0.119 e. The molecule has 0 bridgehead atoms. The highest BCUT2D eigenvalue weighted by molar-refractivity contribution is 4.75. The molecule has 0 heterocycles. The minimum atomic E-state index is -0.444. The van der Waals surface area contributed by atoms with E-state index >= 15 is 0 Å². The SMILES string of the molecule is COC1CCCC1[O]. The normalized spacial score (nSPS) is 38.2. The molecule has 0 aliphatic heterocycles. The van der Waals surface area contributed by atoms with Gasteiger partial charge in [-0.1, -0.05) is 0 Å². The Morgan fingerprint density at radius 2 is 2.25 bits per heavy atom. The third kappa shape index (κ3) is 1.01. The van der Waals surface area contributed by atoms with Gasteiger partial charge in [0.2, 0.25) is 0 Å². The lowest BCUT2D eigenvalue weighted by molar-refractivity contribution is -0.0274. The largest absolute Gasteiger partial charge is 0.379 e. The first-order valence-corrected chi connectivity index (χ1v) is 3.03. The van der Waals surface area contributed by atoms with Gasteiger partial charge in [0.05, 0.1) is 6.10 Å². The maximum absolute atomic E-state index is 10.8. The zero-order valence-electron chi connectivity index (χ0n) is 5.09. The Labute approximate surface area is 49.5 Å². The summed E-state index contributed by atoms with van der Waals surface area (Å²) in [4.78, 5) is 0. The fraction of sp³-hybridized carbons (Fsp3) is 1.00. The second-order valence-corrected chi connectivity index (χ2v) is 2.24. The van der Waals surface area contributed by atoms with E-state index < -0.39 is 6.10 Å². The van der Waals surface area contributed by atoms with Crippen molar-refractivity contribution in [3.8, 4) is 0 Å². The van der Waals surface area contributed by atoms with Crippen LogP contribution >= 0.6 is 0 Å². The van der Waals surface area contributed by atoms with Gasteiger partial charge in [-0.25, -0.2) is 5.11 Å².